The highest BCUT2D eigenvalue weighted by atomic mass is 16.6. The third kappa shape index (κ3) is 8.42. The minimum Gasteiger partial charge on any atom is -0.489 e. The van der Waals surface area contributed by atoms with Crippen molar-refractivity contribution in [3.8, 4) is 11.5 Å². The Morgan fingerprint density at radius 3 is 2.17 bits per heavy atom. The van der Waals surface area contributed by atoms with Crippen LogP contribution in [0.1, 0.15) is 71.0 Å². The lowest BCUT2D eigenvalue weighted by Crippen LogP contribution is -2.36. The molecule has 0 aliphatic carbocycles. The number of ether oxygens (including phenoxy) is 2. The molecule has 3 aromatic rings. The number of aliphatic carboxylic acids is 2. The standard InChI is InChI=1S/C32H30N4O12/c33-32(34)35-21-5-6-22-18(13-21)2-1-9-47-27-23(48-31(22)46)7-3-17(4-8-24(37)38)26(27)28(41)36(15-25(39)40)14-16-10-19(29(42)43)12-20(11-16)30(44)45/h3,5-7,10-13H,1-2,4,8-9,14-15H2,(H,37,38)(H,39,40)(H,42,43)(H,44,45)(H4,33,34,35). The van der Waals surface area contributed by atoms with Crippen molar-refractivity contribution < 1.29 is 58.7 Å². The second-order valence-corrected chi connectivity index (χ2v) is 10.6. The van der Waals surface area contributed by atoms with Gasteiger partial charge in [0.15, 0.2) is 17.5 Å². The van der Waals surface area contributed by atoms with Crippen molar-refractivity contribution in [3.63, 3.8) is 0 Å². The van der Waals surface area contributed by atoms with E-state index < -0.39 is 66.4 Å². The zero-order valence-corrected chi connectivity index (χ0v) is 25.2. The first kappa shape index (κ1) is 34.4. The summed E-state index contributed by atoms with van der Waals surface area (Å²) in [6, 6.07) is 10.4. The maximum atomic E-state index is 14.2. The number of nitrogens with zero attached hydrogens (tertiary/aromatic N) is 2. The van der Waals surface area contributed by atoms with Crippen LogP contribution in [0.4, 0.5) is 5.69 Å². The van der Waals surface area contributed by atoms with Crippen LogP contribution in [-0.4, -0.2) is 80.2 Å². The van der Waals surface area contributed by atoms with Gasteiger partial charge in [-0.15, -0.1) is 0 Å². The van der Waals surface area contributed by atoms with Gasteiger partial charge in [0.25, 0.3) is 5.91 Å². The number of esters is 1. The fourth-order valence-electron chi connectivity index (χ4n) is 5.08. The van der Waals surface area contributed by atoms with Crippen LogP contribution in [0, 0.1) is 0 Å². The number of carboxylic acid groups (broad SMARTS) is 4. The molecule has 0 spiro atoms. The van der Waals surface area contributed by atoms with Crippen molar-refractivity contribution in [1.82, 2.24) is 4.90 Å². The van der Waals surface area contributed by atoms with E-state index >= 15 is 0 Å². The van der Waals surface area contributed by atoms with Gasteiger partial charge in [-0.05, 0) is 78.4 Å². The zero-order chi connectivity index (χ0) is 35.1. The first-order valence-corrected chi connectivity index (χ1v) is 14.3. The van der Waals surface area contributed by atoms with Crippen LogP contribution in [0.5, 0.6) is 11.5 Å². The molecule has 0 saturated carbocycles. The normalized spacial score (nSPS) is 12.3. The Morgan fingerprint density at radius 1 is 0.875 bits per heavy atom. The quantitative estimate of drug-likeness (QED) is 0.0744. The Bertz CT molecular complexity index is 1820. The van der Waals surface area contributed by atoms with Crippen LogP contribution in [0.2, 0.25) is 0 Å². The maximum absolute atomic E-state index is 14.2. The lowest BCUT2D eigenvalue weighted by molar-refractivity contribution is -0.138. The van der Waals surface area contributed by atoms with Crippen LogP contribution in [0.15, 0.2) is 53.5 Å². The molecule has 1 aliphatic heterocycles. The molecule has 0 fully saturated rings. The van der Waals surface area contributed by atoms with E-state index in [0.717, 1.165) is 23.1 Å². The van der Waals surface area contributed by atoms with Crippen molar-refractivity contribution in [2.24, 2.45) is 16.5 Å². The molecule has 0 radical (unpaired) electrons. The van der Waals surface area contributed by atoms with Crippen LogP contribution >= 0.6 is 0 Å². The van der Waals surface area contributed by atoms with Gasteiger partial charge < -0.3 is 46.3 Å². The highest BCUT2D eigenvalue weighted by Gasteiger charge is 2.30. The average molecular weight is 663 g/mol. The third-order valence-electron chi connectivity index (χ3n) is 7.11. The third-order valence-corrected chi connectivity index (χ3v) is 7.11. The molecular weight excluding hydrogens is 632 g/mol. The molecular formula is C32H30N4O12. The predicted octanol–water partition coefficient (Wildman–Crippen LogP) is 2.28. The lowest BCUT2D eigenvalue weighted by Gasteiger charge is -2.25. The SMILES string of the molecule is NC(N)=Nc1ccc2c(c1)CCCOc1c(ccc(CCC(=O)O)c1C(=O)N(CC(=O)O)Cc1cc(C(=O)O)cc(C(=O)O)c1)OC2=O. The van der Waals surface area contributed by atoms with Crippen molar-refractivity contribution in [1.29, 1.82) is 0 Å². The highest BCUT2D eigenvalue weighted by molar-refractivity contribution is 6.02. The van der Waals surface area contributed by atoms with Gasteiger partial charge in [-0.1, -0.05) is 6.07 Å². The van der Waals surface area contributed by atoms with E-state index in [1.165, 1.54) is 24.3 Å². The fourth-order valence-corrected chi connectivity index (χ4v) is 5.08. The Labute approximate surface area is 271 Å². The summed E-state index contributed by atoms with van der Waals surface area (Å²) < 4.78 is 11.7. The summed E-state index contributed by atoms with van der Waals surface area (Å²) in [6.45, 7) is -1.51. The summed E-state index contributed by atoms with van der Waals surface area (Å²) in [5.74, 6) is -7.98. The molecule has 3 aromatic carbocycles. The number of rotatable bonds is 11. The minimum atomic E-state index is -1.46. The number of benzene rings is 3. The fraction of sp³-hybridized carbons (Fsp3) is 0.219. The second-order valence-electron chi connectivity index (χ2n) is 10.6. The molecule has 0 saturated heterocycles. The zero-order valence-electron chi connectivity index (χ0n) is 25.2. The minimum absolute atomic E-state index is 0.00913. The molecule has 1 heterocycles. The van der Waals surface area contributed by atoms with Crippen LogP contribution in [0.3, 0.4) is 0 Å². The average Bonchev–Trinajstić information content (AvgIpc) is 3.01. The van der Waals surface area contributed by atoms with Crippen LogP contribution in [0.25, 0.3) is 0 Å². The number of amides is 1. The first-order valence-electron chi connectivity index (χ1n) is 14.3. The van der Waals surface area contributed by atoms with Gasteiger partial charge in [0, 0.05) is 13.0 Å². The van der Waals surface area contributed by atoms with Gasteiger partial charge in [-0.2, -0.15) is 0 Å². The lowest BCUT2D eigenvalue weighted by atomic mass is 9.98. The number of carbonyl (C=O) groups is 6. The molecule has 250 valence electrons. The Morgan fingerprint density at radius 2 is 1.56 bits per heavy atom. The van der Waals surface area contributed by atoms with Gasteiger partial charge in [-0.25, -0.2) is 19.4 Å². The monoisotopic (exact) mass is 662 g/mol. The number of fused-ring (bicyclic) bond motifs is 2. The molecule has 1 amide bonds. The van der Waals surface area contributed by atoms with Crippen molar-refractivity contribution in [2.45, 2.75) is 32.2 Å². The van der Waals surface area contributed by atoms with Crippen LogP contribution < -0.4 is 20.9 Å². The molecule has 8 N–H and O–H groups in total. The van der Waals surface area contributed by atoms with E-state index in [1.807, 2.05) is 0 Å². The molecule has 4 rings (SSSR count). The van der Waals surface area contributed by atoms with E-state index in [9.17, 15) is 49.2 Å². The largest absolute Gasteiger partial charge is 0.489 e. The molecule has 48 heavy (non-hydrogen) atoms. The topological polar surface area (TPSA) is 269 Å². The summed E-state index contributed by atoms with van der Waals surface area (Å²) in [4.78, 5) is 79.2. The summed E-state index contributed by atoms with van der Waals surface area (Å²) in [7, 11) is 0. The van der Waals surface area contributed by atoms with Crippen LogP contribution in [-0.2, 0) is 29.0 Å². The number of carbonyl (C=O) groups excluding carboxylic acids is 2. The van der Waals surface area contributed by atoms with Crippen molar-refractivity contribution >= 4 is 47.4 Å². The second kappa shape index (κ2) is 14.8. The Kier molecular flexibility index (Phi) is 10.6. The van der Waals surface area contributed by atoms with E-state index in [0.29, 0.717) is 24.1 Å². The number of nitrogens with two attached hydrogens (primary N) is 2. The molecule has 0 atom stereocenters. The van der Waals surface area contributed by atoms with Gasteiger partial charge in [0.2, 0.25) is 0 Å². The van der Waals surface area contributed by atoms with Crippen molar-refractivity contribution in [2.75, 3.05) is 13.2 Å². The number of carboxylic acids is 4. The molecule has 0 aromatic heterocycles. The number of hydrogen-bond donors (Lipinski definition) is 6. The number of hydrogen-bond acceptors (Lipinski definition) is 9. The first-order chi connectivity index (χ1) is 22.7. The van der Waals surface area contributed by atoms with Gasteiger partial charge in [0.05, 0.1) is 34.5 Å². The van der Waals surface area contributed by atoms with E-state index in [1.54, 1.807) is 6.07 Å². The number of aromatic carboxylic acids is 2. The maximum Gasteiger partial charge on any atom is 0.343 e. The Balaban J connectivity index is 1.82. The molecule has 0 bridgehead atoms. The summed E-state index contributed by atoms with van der Waals surface area (Å²) in [5, 5.41) is 38.0. The van der Waals surface area contributed by atoms with Gasteiger partial charge >= 0.3 is 29.8 Å². The van der Waals surface area contributed by atoms with Crippen molar-refractivity contribution in [3.05, 3.63) is 87.5 Å². The molecule has 0 unspecified atom stereocenters. The molecule has 16 heteroatoms. The van der Waals surface area contributed by atoms with Gasteiger partial charge in [0.1, 0.15) is 6.54 Å². The Hall–Kier alpha value is -6.45. The summed E-state index contributed by atoms with van der Waals surface area (Å²) >= 11 is 0. The highest BCUT2D eigenvalue weighted by Crippen LogP contribution is 2.37. The molecule has 16 nitrogen and oxygen atoms in total. The van der Waals surface area contributed by atoms with E-state index in [-0.39, 0.29) is 52.7 Å². The van der Waals surface area contributed by atoms with Gasteiger partial charge in [-0.3, -0.25) is 14.4 Å². The smallest absolute Gasteiger partial charge is 0.343 e. The number of aliphatic imine (C=N–C) groups is 1. The number of guanidine groups is 1. The number of aryl methyl sites for hydroxylation is 2. The summed E-state index contributed by atoms with van der Waals surface area (Å²) in [5.41, 5.74) is 11.1. The van der Waals surface area contributed by atoms with E-state index in [2.05, 4.69) is 4.99 Å². The molecule has 1 aliphatic rings. The van der Waals surface area contributed by atoms with E-state index in [4.69, 9.17) is 20.9 Å². The predicted molar refractivity (Wildman–Crippen MR) is 166 cm³/mol. The summed E-state index contributed by atoms with van der Waals surface area (Å²) in [6.07, 6.45) is -0.00872.